The van der Waals surface area contributed by atoms with Crippen LogP contribution in [-0.4, -0.2) is 43.1 Å². The number of furan rings is 1. The summed E-state index contributed by atoms with van der Waals surface area (Å²) in [6, 6.07) is 10.6. The van der Waals surface area contributed by atoms with Gasteiger partial charge in [-0.25, -0.2) is 0 Å². The van der Waals surface area contributed by atoms with E-state index < -0.39 is 0 Å². The number of amides is 2. The second-order valence-corrected chi connectivity index (χ2v) is 7.50. The minimum Gasteiger partial charge on any atom is -0.461 e. The minimum atomic E-state index is -0.206. The number of aromatic nitrogens is 4. The number of imide groups is 1. The van der Waals surface area contributed by atoms with E-state index >= 15 is 0 Å². The topological polar surface area (TPSA) is 93.6 Å². The van der Waals surface area contributed by atoms with E-state index in [1.807, 2.05) is 6.07 Å². The summed E-state index contributed by atoms with van der Waals surface area (Å²) in [6.45, 7) is 0.411. The highest BCUT2D eigenvalue weighted by molar-refractivity contribution is 7.16. The van der Waals surface area contributed by atoms with E-state index in [9.17, 15) is 9.59 Å². The van der Waals surface area contributed by atoms with Crippen LogP contribution in [0, 0.1) is 0 Å². The lowest BCUT2D eigenvalue weighted by molar-refractivity contribution is 0.0652. The Morgan fingerprint density at radius 2 is 1.75 bits per heavy atom. The van der Waals surface area contributed by atoms with Crippen molar-refractivity contribution >= 4 is 28.1 Å². The molecule has 0 spiro atoms. The average Bonchev–Trinajstić information content (AvgIpc) is 3.46. The SMILES string of the molecule is O=C1c2ccccc2C(=O)N1CCCCc1nn2c(-c3ccco3)nnc2s1. The fourth-order valence-electron chi connectivity index (χ4n) is 3.31. The molecule has 0 aliphatic carbocycles. The number of hydrogen-bond acceptors (Lipinski definition) is 7. The number of rotatable bonds is 6. The Hall–Kier alpha value is -3.33. The average molecular weight is 393 g/mol. The molecule has 4 heterocycles. The minimum absolute atomic E-state index is 0.206. The summed E-state index contributed by atoms with van der Waals surface area (Å²) >= 11 is 1.48. The maximum absolute atomic E-state index is 12.4. The summed E-state index contributed by atoms with van der Waals surface area (Å²) in [5, 5.41) is 13.7. The fourth-order valence-corrected chi connectivity index (χ4v) is 4.18. The van der Waals surface area contributed by atoms with E-state index in [2.05, 4.69) is 15.3 Å². The Kier molecular flexibility index (Phi) is 4.01. The van der Waals surface area contributed by atoms with E-state index in [4.69, 9.17) is 4.42 Å². The quantitative estimate of drug-likeness (QED) is 0.369. The van der Waals surface area contributed by atoms with Crippen LogP contribution in [0.1, 0.15) is 38.6 Å². The molecule has 8 nitrogen and oxygen atoms in total. The fraction of sp³-hybridized carbons (Fsp3) is 0.211. The van der Waals surface area contributed by atoms with Crippen LogP contribution in [0.2, 0.25) is 0 Å². The van der Waals surface area contributed by atoms with Crippen LogP contribution in [0.5, 0.6) is 0 Å². The normalized spacial score (nSPS) is 13.6. The molecule has 0 atom stereocenters. The molecule has 28 heavy (non-hydrogen) atoms. The molecule has 2 amide bonds. The molecule has 140 valence electrons. The highest BCUT2D eigenvalue weighted by atomic mass is 32.1. The molecule has 1 aliphatic rings. The van der Waals surface area contributed by atoms with Crippen molar-refractivity contribution in [2.24, 2.45) is 0 Å². The van der Waals surface area contributed by atoms with Crippen LogP contribution in [0.4, 0.5) is 0 Å². The summed E-state index contributed by atoms with van der Waals surface area (Å²) in [5.41, 5.74) is 0.984. The number of hydrogen-bond donors (Lipinski definition) is 0. The third-order valence-corrected chi connectivity index (χ3v) is 5.63. The molecule has 0 N–H and O–H groups in total. The first-order chi connectivity index (χ1) is 13.7. The van der Waals surface area contributed by atoms with Gasteiger partial charge in [-0.15, -0.1) is 10.2 Å². The molecule has 1 aromatic carbocycles. The number of nitrogens with zero attached hydrogens (tertiary/aromatic N) is 5. The molecule has 1 aliphatic heterocycles. The first-order valence-electron chi connectivity index (χ1n) is 8.92. The van der Waals surface area contributed by atoms with Crippen LogP contribution in [-0.2, 0) is 6.42 Å². The summed E-state index contributed by atoms with van der Waals surface area (Å²) in [4.78, 5) is 26.8. The van der Waals surface area contributed by atoms with E-state index in [1.54, 1.807) is 41.1 Å². The van der Waals surface area contributed by atoms with Gasteiger partial charge in [-0.1, -0.05) is 23.5 Å². The summed E-state index contributed by atoms with van der Waals surface area (Å²) < 4.78 is 7.05. The number of benzene rings is 1. The van der Waals surface area contributed by atoms with Crippen LogP contribution < -0.4 is 0 Å². The second kappa shape index (κ2) is 6.68. The molecule has 0 saturated carbocycles. The van der Waals surface area contributed by atoms with Crippen LogP contribution in [0.15, 0.2) is 47.1 Å². The van der Waals surface area contributed by atoms with Crippen molar-refractivity contribution in [3.63, 3.8) is 0 Å². The predicted octanol–water partition coefficient (Wildman–Crippen LogP) is 3.06. The van der Waals surface area contributed by atoms with Gasteiger partial charge < -0.3 is 4.42 Å². The number of carbonyl (C=O) groups excluding carboxylic acids is 2. The van der Waals surface area contributed by atoms with Gasteiger partial charge in [0.05, 0.1) is 17.4 Å². The maximum Gasteiger partial charge on any atom is 0.261 e. The predicted molar refractivity (Wildman–Crippen MR) is 101 cm³/mol. The Morgan fingerprint density at radius 1 is 0.964 bits per heavy atom. The van der Waals surface area contributed by atoms with E-state index in [0.717, 1.165) is 24.3 Å². The van der Waals surface area contributed by atoms with Gasteiger partial charge in [0.25, 0.3) is 11.8 Å². The highest BCUT2D eigenvalue weighted by Crippen LogP contribution is 2.24. The molecular formula is C19H15N5O3S. The van der Waals surface area contributed by atoms with Gasteiger partial charge in [-0.05, 0) is 37.1 Å². The van der Waals surface area contributed by atoms with E-state index in [-0.39, 0.29) is 11.8 Å². The zero-order valence-electron chi connectivity index (χ0n) is 14.7. The monoisotopic (exact) mass is 393 g/mol. The largest absolute Gasteiger partial charge is 0.461 e. The van der Waals surface area contributed by atoms with Crippen molar-refractivity contribution in [1.82, 2.24) is 24.7 Å². The third-order valence-electron chi connectivity index (χ3n) is 4.67. The van der Waals surface area contributed by atoms with Crippen LogP contribution in [0.3, 0.4) is 0 Å². The number of carbonyl (C=O) groups is 2. The lowest BCUT2D eigenvalue weighted by Crippen LogP contribution is -2.30. The Bertz CT molecular complexity index is 1140. The molecule has 3 aromatic heterocycles. The number of unbranched alkanes of at least 4 members (excludes halogenated alkanes) is 1. The van der Waals surface area contributed by atoms with Crippen molar-refractivity contribution in [2.45, 2.75) is 19.3 Å². The maximum atomic E-state index is 12.4. The zero-order valence-corrected chi connectivity index (χ0v) is 15.6. The molecule has 5 rings (SSSR count). The van der Waals surface area contributed by atoms with E-state index in [1.165, 1.54) is 16.2 Å². The van der Waals surface area contributed by atoms with Gasteiger partial charge >= 0.3 is 0 Å². The van der Waals surface area contributed by atoms with Crippen LogP contribution in [0.25, 0.3) is 16.5 Å². The lowest BCUT2D eigenvalue weighted by atomic mass is 10.1. The smallest absolute Gasteiger partial charge is 0.261 e. The second-order valence-electron chi connectivity index (χ2n) is 6.46. The van der Waals surface area contributed by atoms with Crippen molar-refractivity contribution in [2.75, 3.05) is 6.54 Å². The van der Waals surface area contributed by atoms with Crippen molar-refractivity contribution in [1.29, 1.82) is 0 Å². The first-order valence-corrected chi connectivity index (χ1v) is 9.74. The molecule has 0 bridgehead atoms. The zero-order chi connectivity index (χ0) is 19.1. The standard InChI is InChI=1S/C19H15N5O3S/c25-17-12-6-1-2-7-13(12)18(26)23(17)10-4-3-9-15-22-24-16(14-8-5-11-27-14)20-21-19(24)28-15/h1-2,5-8,11H,3-4,9-10H2. The lowest BCUT2D eigenvalue weighted by Gasteiger charge is -2.12. The molecule has 0 fully saturated rings. The number of aryl methyl sites for hydroxylation is 1. The first kappa shape index (κ1) is 16.8. The Morgan fingerprint density at radius 3 is 2.46 bits per heavy atom. The Labute approximate surface area is 163 Å². The summed E-state index contributed by atoms with van der Waals surface area (Å²) in [7, 11) is 0. The Balaban J connectivity index is 1.21. The summed E-state index contributed by atoms with van der Waals surface area (Å²) in [5.74, 6) is 0.786. The van der Waals surface area contributed by atoms with E-state index in [0.29, 0.717) is 34.2 Å². The molecule has 0 unspecified atom stereocenters. The molecule has 0 radical (unpaired) electrons. The highest BCUT2D eigenvalue weighted by Gasteiger charge is 2.34. The van der Waals surface area contributed by atoms with Crippen molar-refractivity contribution < 1.29 is 14.0 Å². The van der Waals surface area contributed by atoms with Crippen molar-refractivity contribution in [3.05, 3.63) is 58.8 Å². The van der Waals surface area contributed by atoms with Gasteiger partial charge in [0, 0.05) is 13.0 Å². The molecule has 9 heteroatoms. The van der Waals surface area contributed by atoms with Gasteiger partial charge in [-0.3, -0.25) is 14.5 Å². The van der Waals surface area contributed by atoms with Gasteiger partial charge in [0.15, 0.2) is 5.76 Å². The molecule has 0 saturated heterocycles. The van der Waals surface area contributed by atoms with Gasteiger partial charge in [0.2, 0.25) is 10.8 Å². The molecular weight excluding hydrogens is 378 g/mol. The summed E-state index contributed by atoms with van der Waals surface area (Å²) in [6.07, 6.45) is 3.86. The molecule has 4 aromatic rings. The third kappa shape index (κ3) is 2.71. The van der Waals surface area contributed by atoms with Crippen LogP contribution >= 0.6 is 11.3 Å². The van der Waals surface area contributed by atoms with Gasteiger partial charge in [0.1, 0.15) is 5.01 Å². The van der Waals surface area contributed by atoms with Crippen molar-refractivity contribution in [3.8, 4) is 11.6 Å². The van der Waals surface area contributed by atoms with Gasteiger partial charge in [-0.2, -0.15) is 9.61 Å². The number of fused-ring (bicyclic) bond motifs is 2.